The Balaban J connectivity index is 2.96. The van der Waals surface area contributed by atoms with Crippen LogP contribution in [0.2, 0.25) is 0 Å². The third-order valence-corrected chi connectivity index (χ3v) is 1.62. The van der Waals surface area contributed by atoms with Crippen molar-refractivity contribution in [2.24, 2.45) is 0 Å². The minimum atomic E-state index is 0.418. The SMILES string of the molecule is C=C(C#N)C(=C)c1ccccc1. The first kappa shape index (κ1) is 8.29. The molecule has 0 saturated carbocycles. The highest BCUT2D eigenvalue weighted by Crippen LogP contribution is 2.17. The number of hydrogen-bond donors (Lipinski definition) is 0. The summed E-state index contributed by atoms with van der Waals surface area (Å²) >= 11 is 0. The topological polar surface area (TPSA) is 23.8 Å². The Hall–Kier alpha value is -1.81. The van der Waals surface area contributed by atoms with Gasteiger partial charge in [0.1, 0.15) is 0 Å². The predicted molar refractivity (Wildman–Crippen MR) is 50.2 cm³/mol. The smallest absolute Gasteiger partial charge is 0.0991 e. The van der Waals surface area contributed by atoms with Gasteiger partial charge in [-0.1, -0.05) is 43.5 Å². The number of rotatable bonds is 2. The van der Waals surface area contributed by atoms with E-state index in [0.717, 1.165) is 5.56 Å². The summed E-state index contributed by atoms with van der Waals surface area (Å²) < 4.78 is 0. The van der Waals surface area contributed by atoms with Crippen LogP contribution in [0, 0.1) is 11.3 Å². The van der Waals surface area contributed by atoms with Crippen LogP contribution in [-0.2, 0) is 0 Å². The van der Waals surface area contributed by atoms with Crippen LogP contribution in [0.4, 0.5) is 0 Å². The van der Waals surface area contributed by atoms with Gasteiger partial charge in [0.2, 0.25) is 0 Å². The fourth-order valence-electron chi connectivity index (χ4n) is 0.881. The van der Waals surface area contributed by atoms with Gasteiger partial charge in [-0.05, 0) is 11.1 Å². The lowest BCUT2D eigenvalue weighted by Gasteiger charge is -2.00. The normalized spacial score (nSPS) is 8.58. The number of hydrogen-bond acceptors (Lipinski definition) is 1. The molecule has 0 unspecified atom stereocenters. The molecule has 0 aliphatic heterocycles. The number of benzene rings is 1. The summed E-state index contributed by atoms with van der Waals surface area (Å²) in [7, 11) is 0. The average Bonchev–Trinajstić information content (AvgIpc) is 2.17. The van der Waals surface area contributed by atoms with Gasteiger partial charge in [0, 0.05) is 0 Å². The molecule has 0 heterocycles. The van der Waals surface area contributed by atoms with Crippen molar-refractivity contribution in [1.29, 1.82) is 5.26 Å². The highest BCUT2D eigenvalue weighted by atomic mass is 14.2. The van der Waals surface area contributed by atoms with Gasteiger partial charge in [0.15, 0.2) is 0 Å². The van der Waals surface area contributed by atoms with E-state index in [4.69, 9.17) is 5.26 Å². The second-order valence-electron chi connectivity index (χ2n) is 2.43. The average molecular weight is 155 g/mol. The zero-order valence-electron chi connectivity index (χ0n) is 6.75. The second kappa shape index (κ2) is 3.54. The summed E-state index contributed by atoms with van der Waals surface area (Å²) in [6, 6.07) is 11.5. The summed E-state index contributed by atoms with van der Waals surface area (Å²) in [5.41, 5.74) is 2.06. The first-order valence-electron chi connectivity index (χ1n) is 3.59. The van der Waals surface area contributed by atoms with Gasteiger partial charge < -0.3 is 0 Å². The third-order valence-electron chi connectivity index (χ3n) is 1.62. The Morgan fingerprint density at radius 1 is 1.17 bits per heavy atom. The van der Waals surface area contributed by atoms with Gasteiger partial charge in [-0.15, -0.1) is 0 Å². The maximum atomic E-state index is 8.56. The molecule has 0 radical (unpaired) electrons. The molecule has 0 atom stereocenters. The molecule has 0 N–H and O–H groups in total. The molecular weight excluding hydrogens is 146 g/mol. The fourth-order valence-corrected chi connectivity index (χ4v) is 0.881. The van der Waals surface area contributed by atoms with Crippen LogP contribution in [0.15, 0.2) is 49.1 Å². The van der Waals surface area contributed by atoms with Gasteiger partial charge in [-0.3, -0.25) is 0 Å². The van der Waals surface area contributed by atoms with E-state index in [1.807, 2.05) is 36.4 Å². The zero-order valence-corrected chi connectivity index (χ0v) is 6.75. The molecule has 0 fully saturated rings. The molecule has 1 aromatic rings. The van der Waals surface area contributed by atoms with E-state index in [2.05, 4.69) is 13.2 Å². The maximum Gasteiger partial charge on any atom is 0.0991 e. The molecule has 0 aliphatic rings. The first-order valence-corrected chi connectivity index (χ1v) is 3.59. The number of allylic oxidation sites excluding steroid dienone is 2. The van der Waals surface area contributed by atoms with Gasteiger partial charge in [0.05, 0.1) is 11.6 Å². The summed E-state index contributed by atoms with van der Waals surface area (Å²) in [4.78, 5) is 0. The van der Waals surface area contributed by atoms with E-state index < -0.39 is 0 Å². The lowest BCUT2D eigenvalue weighted by molar-refractivity contribution is 1.50. The molecule has 58 valence electrons. The van der Waals surface area contributed by atoms with Crippen molar-refractivity contribution in [2.75, 3.05) is 0 Å². The molecule has 0 saturated heterocycles. The van der Waals surface area contributed by atoms with Crippen LogP contribution in [0.25, 0.3) is 5.57 Å². The molecule has 0 spiro atoms. The van der Waals surface area contributed by atoms with Crippen LogP contribution in [0.1, 0.15) is 5.56 Å². The van der Waals surface area contributed by atoms with Crippen molar-refractivity contribution in [3.8, 4) is 6.07 Å². The molecule has 12 heavy (non-hydrogen) atoms. The molecular formula is C11H9N. The molecule has 1 heteroatoms. The zero-order chi connectivity index (χ0) is 8.97. The van der Waals surface area contributed by atoms with Crippen LogP contribution in [0.5, 0.6) is 0 Å². The van der Waals surface area contributed by atoms with Crippen molar-refractivity contribution in [3.63, 3.8) is 0 Å². The Kier molecular flexibility index (Phi) is 2.45. The summed E-state index contributed by atoms with van der Waals surface area (Å²) in [6.45, 7) is 7.36. The maximum absolute atomic E-state index is 8.56. The van der Waals surface area contributed by atoms with Crippen LogP contribution in [0.3, 0.4) is 0 Å². The van der Waals surface area contributed by atoms with Crippen LogP contribution >= 0.6 is 0 Å². The minimum absolute atomic E-state index is 0.418. The quantitative estimate of drug-likeness (QED) is 0.476. The van der Waals surface area contributed by atoms with Crippen molar-refractivity contribution in [2.45, 2.75) is 0 Å². The highest BCUT2D eigenvalue weighted by molar-refractivity contribution is 5.80. The number of nitrogens with zero attached hydrogens (tertiary/aromatic N) is 1. The van der Waals surface area contributed by atoms with Gasteiger partial charge in [-0.2, -0.15) is 5.26 Å². The summed E-state index contributed by atoms with van der Waals surface area (Å²) in [5, 5.41) is 8.56. The van der Waals surface area contributed by atoms with E-state index in [1.165, 1.54) is 0 Å². The molecule has 0 amide bonds. The summed E-state index contributed by atoms with van der Waals surface area (Å²) in [5.74, 6) is 0. The van der Waals surface area contributed by atoms with E-state index in [9.17, 15) is 0 Å². The van der Waals surface area contributed by atoms with Gasteiger partial charge in [0.25, 0.3) is 0 Å². The van der Waals surface area contributed by atoms with E-state index in [-0.39, 0.29) is 0 Å². The van der Waals surface area contributed by atoms with E-state index in [1.54, 1.807) is 0 Å². The molecule has 1 nitrogen and oxygen atoms in total. The largest absolute Gasteiger partial charge is 0.192 e. The highest BCUT2D eigenvalue weighted by Gasteiger charge is 2.00. The Morgan fingerprint density at radius 3 is 2.25 bits per heavy atom. The molecule has 0 bridgehead atoms. The predicted octanol–water partition coefficient (Wildman–Crippen LogP) is 2.78. The Bertz CT molecular complexity index is 341. The second-order valence-corrected chi connectivity index (χ2v) is 2.43. The Morgan fingerprint density at radius 2 is 1.75 bits per heavy atom. The monoisotopic (exact) mass is 155 g/mol. The minimum Gasteiger partial charge on any atom is -0.192 e. The Labute approximate surface area is 72.3 Å². The van der Waals surface area contributed by atoms with E-state index in [0.29, 0.717) is 11.1 Å². The fraction of sp³-hybridized carbons (Fsp3) is 0. The number of nitriles is 1. The van der Waals surface area contributed by atoms with Crippen molar-refractivity contribution in [1.82, 2.24) is 0 Å². The molecule has 0 aromatic heterocycles. The summed E-state index contributed by atoms with van der Waals surface area (Å²) in [6.07, 6.45) is 0. The lowest BCUT2D eigenvalue weighted by atomic mass is 10.0. The molecule has 1 aromatic carbocycles. The van der Waals surface area contributed by atoms with Gasteiger partial charge >= 0.3 is 0 Å². The first-order chi connectivity index (χ1) is 5.75. The van der Waals surface area contributed by atoms with Crippen molar-refractivity contribution >= 4 is 5.57 Å². The standard InChI is InChI=1S/C11H9N/c1-9(8-12)10(2)11-6-4-3-5-7-11/h3-7H,1-2H2. The van der Waals surface area contributed by atoms with Crippen molar-refractivity contribution in [3.05, 3.63) is 54.6 Å². The third kappa shape index (κ3) is 1.62. The van der Waals surface area contributed by atoms with Crippen LogP contribution in [-0.4, -0.2) is 0 Å². The lowest BCUT2D eigenvalue weighted by Crippen LogP contribution is -1.82. The van der Waals surface area contributed by atoms with Crippen LogP contribution < -0.4 is 0 Å². The molecule has 0 aliphatic carbocycles. The van der Waals surface area contributed by atoms with E-state index >= 15 is 0 Å². The van der Waals surface area contributed by atoms with Crippen molar-refractivity contribution < 1.29 is 0 Å². The molecule has 1 rings (SSSR count). The van der Waals surface area contributed by atoms with Gasteiger partial charge in [-0.25, -0.2) is 0 Å².